The topological polar surface area (TPSA) is 69.7 Å². The summed E-state index contributed by atoms with van der Waals surface area (Å²) in [6.07, 6.45) is 1.48. The fraction of sp³-hybridized carbons (Fsp3) is 0.150. The van der Waals surface area contributed by atoms with Crippen molar-refractivity contribution < 1.29 is 19.4 Å². The largest absolute Gasteiger partial charge is 0.550 e. The van der Waals surface area contributed by atoms with Crippen molar-refractivity contribution in [3.63, 3.8) is 0 Å². The van der Waals surface area contributed by atoms with Crippen LogP contribution in [0, 0.1) is 0 Å². The molecule has 0 radical (unpaired) electrons. The number of aliphatic carboxylic acids is 1. The zero-order valence-corrected chi connectivity index (χ0v) is 15.9. The summed E-state index contributed by atoms with van der Waals surface area (Å²) in [6, 6.07) is 17.3. The molecule has 0 atom stereocenters. The molecule has 0 bridgehead atoms. The quantitative estimate of drug-likeness (QED) is 0.528. The van der Waals surface area contributed by atoms with Crippen LogP contribution in [0.25, 0.3) is 6.08 Å². The maximum atomic E-state index is 12.4. The Hall–Kier alpha value is -2.64. The Kier molecular flexibility index (Phi) is 6.26. The molecule has 1 amide bonds. The number of nitrogens with zero attached hydrogens (tertiary/aromatic N) is 1. The van der Waals surface area contributed by atoms with Crippen LogP contribution in [0.5, 0.6) is 5.75 Å². The molecule has 2 aromatic rings. The van der Waals surface area contributed by atoms with E-state index in [1.807, 2.05) is 54.6 Å². The lowest BCUT2D eigenvalue weighted by Crippen LogP contribution is -2.33. The Balaban J connectivity index is 1.69. The Morgan fingerprint density at radius 1 is 1.19 bits per heavy atom. The summed E-state index contributed by atoms with van der Waals surface area (Å²) in [5, 5.41) is 10.6. The van der Waals surface area contributed by atoms with Gasteiger partial charge in [0.25, 0.3) is 5.91 Å². The predicted molar refractivity (Wildman–Crippen MR) is 107 cm³/mol. The molecule has 0 aromatic heterocycles. The molecule has 27 heavy (non-hydrogen) atoms. The normalized spacial score (nSPS) is 15.4. The van der Waals surface area contributed by atoms with Gasteiger partial charge in [-0.05, 0) is 29.3 Å². The number of carbonyl (C=O) groups excluding carboxylic acids is 2. The van der Waals surface area contributed by atoms with E-state index >= 15 is 0 Å². The number of thiocarbonyl (C=S) groups is 1. The molecule has 2 aromatic carbocycles. The molecule has 138 valence electrons. The van der Waals surface area contributed by atoms with Gasteiger partial charge in [-0.3, -0.25) is 9.69 Å². The van der Waals surface area contributed by atoms with E-state index in [0.717, 1.165) is 22.9 Å². The van der Waals surface area contributed by atoms with Crippen molar-refractivity contribution in [1.29, 1.82) is 0 Å². The summed E-state index contributed by atoms with van der Waals surface area (Å²) in [6.45, 7) is 0.472. The van der Waals surface area contributed by atoms with Gasteiger partial charge >= 0.3 is 0 Å². The lowest BCUT2D eigenvalue weighted by atomic mass is 10.2. The van der Waals surface area contributed by atoms with Crippen molar-refractivity contribution in [2.45, 2.75) is 13.0 Å². The second-order valence-electron chi connectivity index (χ2n) is 5.80. The average Bonchev–Trinajstić information content (AvgIpc) is 2.92. The van der Waals surface area contributed by atoms with E-state index < -0.39 is 5.97 Å². The van der Waals surface area contributed by atoms with Gasteiger partial charge in [-0.25, -0.2) is 0 Å². The third kappa shape index (κ3) is 5.18. The summed E-state index contributed by atoms with van der Waals surface area (Å²) in [5.74, 6) is -0.807. The van der Waals surface area contributed by atoms with Crippen molar-refractivity contribution in [1.82, 2.24) is 4.90 Å². The Morgan fingerprint density at radius 3 is 2.70 bits per heavy atom. The number of carbonyl (C=O) groups is 2. The van der Waals surface area contributed by atoms with Crippen LogP contribution in [0.3, 0.4) is 0 Å². The second-order valence-corrected chi connectivity index (χ2v) is 7.48. The van der Waals surface area contributed by atoms with Gasteiger partial charge in [-0.15, -0.1) is 0 Å². The van der Waals surface area contributed by atoms with Crippen molar-refractivity contribution in [3.05, 3.63) is 70.6 Å². The molecule has 1 fully saturated rings. The number of hydrogen-bond donors (Lipinski definition) is 0. The minimum absolute atomic E-state index is 0.0184. The van der Waals surface area contributed by atoms with E-state index in [2.05, 4.69) is 0 Å². The van der Waals surface area contributed by atoms with E-state index in [1.54, 1.807) is 6.08 Å². The van der Waals surface area contributed by atoms with Crippen molar-refractivity contribution >= 4 is 46.3 Å². The lowest BCUT2D eigenvalue weighted by Gasteiger charge is -2.14. The maximum absolute atomic E-state index is 12.4. The smallest absolute Gasteiger partial charge is 0.266 e. The Morgan fingerprint density at radius 2 is 1.96 bits per heavy atom. The van der Waals surface area contributed by atoms with Crippen molar-refractivity contribution in [2.75, 3.05) is 6.54 Å². The van der Waals surface area contributed by atoms with Gasteiger partial charge in [0.05, 0.1) is 4.91 Å². The van der Waals surface area contributed by atoms with Gasteiger partial charge < -0.3 is 14.6 Å². The zero-order chi connectivity index (χ0) is 19.2. The molecule has 3 rings (SSSR count). The molecule has 1 heterocycles. The molecule has 0 aliphatic carbocycles. The van der Waals surface area contributed by atoms with Crippen molar-refractivity contribution in [2.24, 2.45) is 0 Å². The molecule has 0 unspecified atom stereocenters. The van der Waals surface area contributed by atoms with E-state index in [-0.39, 0.29) is 18.9 Å². The molecule has 0 saturated carbocycles. The molecule has 5 nitrogen and oxygen atoms in total. The van der Waals surface area contributed by atoms with Crippen LogP contribution in [0.2, 0.25) is 0 Å². The van der Waals surface area contributed by atoms with Gasteiger partial charge in [-0.1, -0.05) is 66.4 Å². The molecule has 0 spiro atoms. The minimum Gasteiger partial charge on any atom is -0.550 e. The molecule has 1 aliphatic rings. The van der Waals surface area contributed by atoms with E-state index in [9.17, 15) is 14.7 Å². The number of carboxylic acids is 1. The number of hydrogen-bond acceptors (Lipinski definition) is 6. The molecule has 1 saturated heterocycles. The Bertz CT molecular complexity index is 896. The number of benzene rings is 2. The van der Waals surface area contributed by atoms with Crippen molar-refractivity contribution in [3.8, 4) is 5.75 Å². The third-order valence-electron chi connectivity index (χ3n) is 3.82. The van der Waals surface area contributed by atoms with Crippen LogP contribution in [-0.4, -0.2) is 27.6 Å². The van der Waals surface area contributed by atoms with Crippen LogP contribution in [0.15, 0.2) is 59.5 Å². The summed E-state index contributed by atoms with van der Waals surface area (Å²) in [4.78, 5) is 24.8. The monoisotopic (exact) mass is 398 g/mol. The maximum Gasteiger partial charge on any atom is 0.266 e. The first-order valence-electron chi connectivity index (χ1n) is 8.25. The third-order valence-corrected chi connectivity index (χ3v) is 5.20. The SMILES string of the molecule is O=C([O-])CCN1C(=O)/C(=C\c2cccc(OCc3ccccc3)c2)SC1=S. The Labute approximate surface area is 166 Å². The highest BCUT2D eigenvalue weighted by molar-refractivity contribution is 8.26. The number of thioether (sulfide) groups is 1. The standard InChI is InChI=1S/C20H17NO4S2/c22-18(23)9-10-21-19(24)17(27-20(21)26)12-15-7-4-8-16(11-15)25-13-14-5-2-1-3-6-14/h1-8,11-12H,9-10,13H2,(H,22,23)/p-1/b17-12+. The number of carboxylic acid groups (broad SMARTS) is 1. The van der Waals surface area contributed by atoms with E-state index in [1.165, 1.54) is 4.90 Å². The summed E-state index contributed by atoms with van der Waals surface area (Å²) >= 11 is 6.33. The fourth-order valence-electron chi connectivity index (χ4n) is 2.48. The number of amides is 1. The molecule has 7 heteroatoms. The fourth-order valence-corrected chi connectivity index (χ4v) is 3.79. The van der Waals surface area contributed by atoms with E-state index in [4.69, 9.17) is 17.0 Å². The zero-order valence-electron chi connectivity index (χ0n) is 14.3. The summed E-state index contributed by atoms with van der Waals surface area (Å²) < 4.78 is 6.15. The lowest BCUT2D eigenvalue weighted by molar-refractivity contribution is -0.305. The first-order chi connectivity index (χ1) is 13.0. The van der Waals surface area contributed by atoms with E-state index in [0.29, 0.717) is 21.6 Å². The van der Waals surface area contributed by atoms with Crippen LogP contribution in [0.4, 0.5) is 0 Å². The highest BCUT2D eigenvalue weighted by atomic mass is 32.2. The van der Waals surface area contributed by atoms with Gasteiger partial charge in [0.2, 0.25) is 0 Å². The van der Waals surface area contributed by atoms with Crippen LogP contribution < -0.4 is 9.84 Å². The first kappa shape index (κ1) is 19.1. The number of ether oxygens (including phenoxy) is 1. The van der Waals surface area contributed by atoms with Gasteiger partial charge in [0.1, 0.15) is 16.7 Å². The molecule has 1 aliphatic heterocycles. The molecule has 0 N–H and O–H groups in total. The average molecular weight is 398 g/mol. The predicted octanol–water partition coefficient (Wildman–Crippen LogP) is 2.61. The molecular formula is C20H16NO4S2-. The summed E-state index contributed by atoms with van der Waals surface area (Å²) in [7, 11) is 0. The van der Waals surface area contributed by atoms with Crippen LogP contribution in [-0.2, 0) is 16.2 Å². The first-order valence-corrected chi connectivity index (χ1v) is 9.47. The highest BCUT2D eigenvalue weighted by Gasteiger charge is 2.31. The van der Waals surface area contributed by atoms with Gasteiger partial charge in [-0.2, -0.15) is 0 Å². The van der Waals surface area contributed by atoms with Crippen LogP contribution in [0.1, 0.15) is 17.5 Å². The summed E-state index contributed by atoms with van der Waals surface area (Å²) in [5.41, 5.74) is 1.87. The molecular weight excluding hydrogens is 382 g/mol. The van der Waals surface area contributed by atoms with Gasteiger partial charge in [0, 0.05) is 18.9 Å². The van der Waals surface area contributed by atoms with Crippen LogP contribution >= 0.6 is 24.0 Å². The second kappa shape index (κ2) is 8.83. The minimum atomic E-state index is -1.21. The number of rotatable bonds is 7. The highest BCUT2D eigenvalue weighted by Crippen LogP contribution is 2.33. The van der Waals surface area contributed by atoms with Gasteiger partial charge in [0.15, 0.2) is 0 Å².